The number of hydrogen-bond acceptors (Lipinski definition) is 2. The first-order valence-corrected chi connectivity index (χ1v) is 8.46. The van der Waals surface area contributed by atoms with Crippen LogP contribution in [0, 0.1) is 0 Å². The minimum absolute atomic E-state index is 0.00627. The summed E-state index contributed by atoms with van der Waals surface area (Å²) in [4.78, 5) is 22.5. The van der Waals surface area contributed by atoms with Crippen LogP contribution in [0.2, 0.25) is 0 Å². The summed E-state index contributed by atoms with van der Waals surface area (Å²) >= 11 is 0. The number of nitrogens with one attached hydrogen (secondary N) is 1. The number of fused-ring (bicyclic) bond motifs is 1. The van der Waals surface area contributed by atoms with Crippen LogP contribution < -0.4 is 5.32 Å². The van der Waals surface area contributed by atoms with E-state index in [0.717, 1.165) is 50.5 Å². The minimum Gasteiger partial charge on any atom is -0.481 e. The maximum atomic E-state index is 12.1. The van der Waals surface area contributed by atoms with E-state index < -0.39 is 5.97 Å². The van der Waals surface area contributed by atoms with E-state index in [1.165, 1.54) is 11.1 Å². The van der Waals surface area contributed by atoms with Crippen LogP contribution in [0.15, 0.2) is 24.3 Å². The largest absolute Gasteiger partial charge is 0.481 e. The summed E-state index contributed by atoms with van der Waals surface area (Å²) in [5.74, 6) is -0.731. The second kappa shape index (κ2) is 9.13. The molecule has 0 saturated carbocycles. The van der Waals surface area contributed by atoms with Crippen molar-refractivity contribution in [1.29, 1.82) is 0 Å². The Balaban J connectivity index is 1.63. The van der Waals surface area contributed by atoms with Crippen LogP contribution in [-0.2, 0) is 11.2 Å². The SMILES string of the molecule is O=C(O)CCCCCCCNC(=O)c1ccc2c(c1)CCC=C2. The molecule has 124 valence electrons. The number of hydrogen-bond donors (Lipinski definition) is 2. The maximum Gasteiger partial charge on any atom is 0.303 e. The summed E-state index contributed by atoms with van der Waals surface area (Å²) < 4.78 is 0. The Morgan fingerprint density at radius 3 is 2.70 bits per heavy atom. The number of carboxylic acids is 1. The summed E-state index contributed by atoms with van der Waals surface area (Å²) in [6.07, 6.45) is 11.2. The van der Waals surface area contributed by atoms with Gasteiger partial charge in [-0.2, -0.15) is 0 Å². The molecule has 4 heteroatoms. The number of carbonyl (C=O) groups is 2. The summed E-state index contributed by atoms with van der Waals surface area (Å²) in [6, 6.07) is 5.90. The first-order chi connectivity index (χ1) is 11.2. The Labute approximate surface area is 137 Å². The monoisotopic (exact) mass is 315 g/mol. The number of amides is 1. The number of rotatable bonds is 9. The zero-order valence-corrected chi connectivity index (χ0v) is 13.5. The molecule has 2 N–H and O–H groups in total. The van der Waals surface area contributed by atoms with Crippen molar-refractivity contribution in [3.8, 4) is 0 Å². The van der Waals surface area contributed by atoms with Gasteiger partial charge in [-0.25, -0.2) is 0 Å². The van der Waals surface area contributed by atoms with E-state index in [1.54, 1.807) is 0 Å². The average molecular weight is 315 g/mol. The zero-order chi connectivity index (χ0) is 16.5. The van der Waals surface area contributed by atoms with E-state index in [4.69, 9.17) is 5.11 Å². The van der Waals surface area contributed by atoms with E-state index in [2.05, 4.69) is 17.5 Å². The number of allylic oxidation sites excluding steroid dienone is 1. The Hall–Kier alpha value is -2.10. The number of unbranched alkanes of at least 4 members (excludes halogenated alkanes) is 4. The minimum atomic E-state index is -0.724. The Bertz CT molecular complexity index is 578. The van der Waals surface area contributed by atoms with Crippen molar-refractivity contribution in [2.45, 2.75) is 51.4 Å². The first kappa shape index (κ1) is 17.3. The molecule has 0 saturated heterocycles. The van der Waals surface area contributed by atoms with Crippen LogP contribution in [-0.4, -0.2) is 23.5 Å². The third kappa shape index (κ3) is 5.89. The van der Waals surface area contributed by atoms with Gasteiger partial charge in [-0.1, -0.05) is 37.5 Å². The van der Waals surface area contributed by atoms with Gasteiger partial charge in [0.2, 0.25) is 0 Å². The molecule has 1 aromatic rings. The lowest BCUT2D eigenvalue weighted by molar-refractivity contribution is -0.137. The Kier molecular flexibility index (Phi) is 6.85. The average Bonchev–Trinajstić information content (AvgIpc) is 2.56. The van der Waals surface area contributed by atoms with Crippen LogP contribution >= 0.6 is 0 Å². The molecule has 0 fully saturated rings. The van der Waals surface area contributed by atoms with Gasteiger partial charge in [-0.05, 0) is 48.9 Å². The van der Waals surface area contributed by atoms with Crippen LogP contribution in [0.1, 0.15) is 66.4 Å². The van der Waals surface area contributed by atoms with E-state index in [-0.39, 0.29) is 12.3 Å². The molecule has 0 bridgehead atoms. The van der Waals surface area contributed by atoms with Gasteiger partial charge in [0.25, 0.3) is 5.91 Å². The van der Waals surface area contributed by atoms with Gasteiger partial charge < -0.3 is 10.4 Å². The highest BCUT2D eigenvalue weighted by atomic mass is 16.4. The summed E-state index contributed by atoms with van der Waals surface area (Å²) in [7, 11) is 0. The summed E-state index contributed by atoms with van der Waals surface area (Å²) in [6.45, 7) is 0.675. The van der Waals surface area contributed by atoms with E-state index in [0.29, 0.717) is 6.54 Å². The number of carbonyl (C=O) groups excluding carboxylic acids is 1. The summed E-state index contributed by atoms with van der Waals surface area (Å²) in [5, 5.41) is 11.5. The molecule has 1 amide bonds. The molecule has 1 aromatic carbocycles. The molecular weight excluding hydrogens is 290 g/mol. The Morgan fingerprint density at radius 1 is 1.09 bits per heavy atom. The van der Waals surface area contributed by atoms with Crippen molar-refractivity contribution in [3.05, 3.63) is 41.0 Å². The molecular formula is C19H25NO3. The standard InChI is InChI=1S/C19H25NO3/c21-18(22)10-4-2-1-3-7-13-20-19(23)17-12-11-15-8-5-6-9-16(15)14-17/h5,8,11-12,14H,1-4,6-7,9-10,13H2,(H,20,23)(H,21,22). The van der Waals surface area contributed by atoms with E-state index >= 15 is 0 Å². The molecule has 0 atom stereocenters. The number of aryl methyl sites for hydroxylation is 1. The van der Waals surface area contributed by atoms with Crippen LogP contribution in [0.4, 0.5) is 0 Å². The second-order valence-electron chi connectivity index (χ2n) is 6.02. The smallest absolute Gasteiger partial charge is 0.303 e. The molecule has 1 aliphatic carbocycles. The fourth-order valence-electron chi connectivity index (χ4n) is 2.81. The molecule has 0 heterocycles. The number of carboxylic acid groups (broad SMARTS) is 1. The van der Waals surface area contributed by atoms with Gasteiger partial charge in [0, 0.05) is 18.5 Å². The third-order valence-corrected chi connectivity index (χ3v) is 4.14. The molecule has 0 radical (unpaired) electrons. The van der Waals surface area contributed by atoms with Crippen molar-refractivity contribution >= 4 is 18.0 Å². The summed E-state index contributed by atoms with van der Waals surface area (Å²) in [5.41, 5.74) is 3.20. The second-order valence-corrected chi connectivity index (χ2v) is 6.02. The lowest BCUT2D eigenvalue weighted by atomic mass is 9.95. The quantitative estimate of drug-likeness (QED) is 0.681. The van der Waals surface area contributed by atoms with Gasteiger partial charge in [0.1, 0.15) is 0 Å². The van der Waals surface area contributed by atoms with Crippen molar-refractivity contribution in [1.82, 2.24) is 5.32 Å². The molecule has 4 nitrogen and oxygen atoms in total. The fourth-order valence-corrected chi connectivity index (χ4v) is 2.81. The van der Waals surface area contributed by atoms with Crippen molar-refractivity contribution < 1.29 is 14.7 Å². The molecule has 23 heavy (non-hydrogen) atoms. The molecule has 1 aliphatic rings. The van der Waals surface area contributed by atoms with Crippen molar-refractivity contribution in [2.75, 3.05) is 6.54 Å². The number of benzene rings is 1. The molecule has 0 aliphatic heterocycles. The predicted octanol–water partition coefficient (Wildman–Crippen LogP) is 3.80. The van der Waals surface area contributed by atoms with E-state index in [9.17, 15) is 9.59 Å². The normalized spacial score (nSPS) is 12.7. The van der Waals surface area contributed by atoms with Crippen molar-refractivity contribution in [2.24, 2.45) is 0 Å². The molecule has 2 rings (SSSR count). The Morgan fingerprint density at radius 2 is 1.87 bits per heavy atom. The van der Waals surface area contributed by atoms with Gasteiger partial charge in [0.05, 0.1) is 0 Å². The van der Waals surface area contributed by atoms with Crippen LogP contribution in [0.3, 0.4) is 0 Å². The zero-order valence-electron chi connectivity index (χ0n) is 13.5. The highest BCUT2D eigenvalue weighted by Crippen LogP contribution is 2.20. The van der Waals surface area contributed by atoms with Crippen LogP contribution in [0.5, 0.6) is 0 Å². The van der Waals surface area contributed by atoms with Gasteiger partial charge >= 0.3 is 5.97 Å². The highest BCUT2D eigenvalue weighted by molar-refractivity contribution is 5.94. The molecule has 0 aromatic heterocycles. The van der Waals surface area contributed by atoms with Gasteiger partial charge in [-0.15, -0.1) is 0 Å². The van der Waals surface area contributed by atoms with Gasteiger partial charge in [-0.3, -0.25) is 9.59 Å². The van der Waals surface area contributed by atoms with Crippen LogP contribution in [0.25, 0.3) is 6.08 Å². The molecule has 0 unspecified atom stereocenters. The third-order valence-electron chi connectivity index (χ3n) is 4.14. The lowest BCUT2D eigenvalue weighted by Gasteiger charge is -2.12. The van der Waals surface area contributed by atoms with Gasteiger partial charge in [0.15, 0.2) is 0 Å². The first-order valence-electron chi connectivity index (χ1n) is 8.46. The predicted molar refractivity (Wildman–Crippen MR) is 91.5 cm³/mol. The highest BCUT2D eigenvalue weighted by Gasteiger charge is 2.09. The lowest BCUT2D eigenvalue weighted by Crippen LogP contribution is -2.24. The molecule has 0 spiro atoms. The fraction of sp³-hybridized carbons (Fsp3) is 0.474. The van der Waals surface area contributed by atoms with E-state index in [1.807, 2.05) is 18.2 Å². The number of aliphatic carboxylic acids is 1. The van der Waals surface area contributed by atoms with Crippen molar-refractivity contribution in [3.63, 3.8) is 0 Å². The maximum absolute atomic E-state index is 12.1. The topological polar surface area (TPSA) is 66.4 Å².